The Labute approximate surface area is 135 Å². The molecule has 1 unspecified atom stereocenters. The van der Waals surface area contributed by atoms with Crippen LogP contribution in [0, 0.1) is 17.8 Å². The van der Waals surface area contributed by atoms with E-state index in [0.29, 0.717) is 6.42 Å². The lowest BCUT2D eigenvalue weighted by atomic mass is 9.88. The fraction of sp³-hybridized carbons (Fsp3) is 0.944. The number of unbranched alkanes of at least 4 members (excludes halogenated alkanes) is 7. The molecule has 0 aliphatic rings. The molecule has 0 aliphatic heterocycles. The van der Waals surface area contributed by atoms with Crippen molar-refractivity contribution < 1.29 is 20.1 Å². The third-order valence-corrected chi connectivity index (χ3v) is 4.40. The third-order valence-electron chi connectivity index (χ3n) is 4.40. The van der Waals surface area contributed by atoms with E-state index in [2.05, 4.69) is 13.8 Å². The zero-order valence-corrected chi connectivity index (χ0v) is 14.5. The quantitative estimate of drug-likeness (QED) is 0.401. The molecule has 132 valence electrons. The summed E-state index contributed by atoms with van der Waals surface area (Å²) in [5.41, 5.74) is 0. The van der Waals surface area contributed by atoms with E-state index in [9.17, 15) is 4.79 Å². The molecule has 4 nitrogen and oxygen atoms in total. The Morgan fingerprint density at radius 3 is 1.55 bits per heavy atom. The normalized spacial score (nSPS) is 13.0. The van der Waals surface area contributed by atoms with E-state index in [4.69, 9.17) is 15.3 Å². The van der Waals surface area contributed by atoms with Gasteiger partial charge in [-0.25, -0.2) is 0 Å². The first-order chi connectivity index (χ1) is 10.5. The van der Waals surface area contributed by atoms with Crippen LogP contribution in [-0.2, 0) is 4.79 Å². The molecule has 0 spiro atoms. The number of aliphatic hydroxyl groups is 2. The topological polar surface area (TPSA) is 77.8 Å². The van der Waals surface area contributed by atoms with Crippen LogP contribution in [-0.4, -0.2) is 34.5 Å². The SMILES string of the molecule is CC(C)CCCCCCCCCCC(C(=O)O)C(CO)CO. The van der Waals surface area contributed by atoms with Gasteiger partial charge in [0, 0.05) is 19.1 Å². The zero-order chi connectivity index (χ0) is 16.8. The minimum Gasteiger partial charge on any atom is -0.481 e. The second-order valence-electron chi connectivity index (χ2n) is 6.87. The van der Waals surface area contributed by atoms with E-state index >= 15 is 0 Å². The zero-order valence-electron chi connectivity index (χ0n) is 14.5. The first kappa shape index (κ1) is 21.4. The van der Waals surface area contributed by atoms with Gasteiger partial charge < -0.3 is 15.3 Å². The van der Waals surface area contributed by atoms with Crippen molar-refractivity contribution >= 4 is 5.97 Å². The van der Waals surface area contributed by atoms with Gasteiger partial charge in [0.05, 0.1) is 5.92 Å². The van der Waals surface area contributed by atoms with Crippen LogP contribution in [0.2, 0.25) is 0 Å². The first-order valence-electron chi connectivity index (χ1n) is 8.97. The van der Waals surface area contributed by atoms with Gasteiger partial charge in [-0.05, 0) is 12.3 Å². The Morgan fingerprint density at radius 2 is 1.18 bits per heavy atom. The Hall–Kier alpha value is -0.610. The molecule has 4 heteroatoms. The molecule has 0 bridgehead atoms. The van der Waals surface area contributed by atoms with Crippen LogP contribution in [0.3, 0.4) is 0 Å². The van der Waals surface area contributed by atoms with E-state index in [1.807, 2.05) is 0 Å². The van der Waals surface area contributed by atoms with Crippen LogP contribution >= 0.6 is 0 Å². The molecule has 0 saturated heterocycles. The molecular formula is C18H36O4. The largest absolute Gasteiger partial charge is 0.481 e. The van der Waals surface area contributed by atoms with Crippen LogP contribution < -0.4 is 0 Å². The number of carbonyl (C=O) groups is 1. The number of carboxylic acid groups (broad SMARTS) is 1. The highest BCUT2D eigenvalue weighted by molar-refractivity contribution is 5.70. The van der Waals surface area contributed by atoms with Crippen LogP contribution in [0.15, 0.2) is 0 Å². The highest BCUT2D eigenvalue weighted by atomic mass is 16.4. The van der Waals surface area contributed by atoms with E-state index in [0.717, 1.165) is 25.2 Å². The number of aliphatic carboxylic acids is 1. The fourth-order valence-corrected chi connectivity index (χ4v) is 2.85. The van der Waals surface area contributed by atoms with Crippen molar-refractivity contribution in [2.75, 3.05) is 13.2 Å². The first-order valence-corrected chi connectivity index (χ1v) is 8.97. The maximum Gasteiger partial charge on any atom is 0.306 e. The summed E-state index contributed by atoms with van der Waals surface area (Å²) in [5.74, 6) is -1.24. The second kappa shape index (κ2) is 14.0. The number of hydrogen-bond donors (Lipinski definition) is 3. The lowest BCUT2D eigenvalue weighted by Gasteiger charge is -2.19. The van der Waals surface area contributed by atoms with Gasteiger partial charge in [-0.3, -0.25) is 4.79 Å². The highest BCUT2D eigenvalue weighted by Gasteiger charge is 2.26. The summed E-state index contributed by atoms with van der Waals surface area (Å²) in [6.45, 7) is 4.01. The standard InChI is InChI=1S/C18H36O4/c1-15(2)11-9-7-5-3-4-6-8-10-12-17(18(21)22)16(13-19)14-20/h15-17,19-20H,3-14H2,1-2H3,(H,21,22). The van der Waals surface area contributed by atoms with E-state index in [1.54, 1.807) is 0 Å². The van der Waals surface area contributed by atoms with Crippen molar-refractivity contribution in [3.63, 3.8) is 0 Å². The summed E-state index contributed by atoms with van der Waals surface area (Å²) in [4.78, 5) is 11.2. The molecule has 0 aromatic heterocycles. The fourth-order valence-electron chi connectivity index (χ4n) is 2.85. The number of rotatable bonds is 15. The highest BCUT2D eigenvalue weighted by Crippen LogP contribution is 2.20. The van der Waals surface area contributed by atoms with Crippen molar-refractivity contribution in [1.82, 2.24) is 0 Å². The average Bonchev–Trinajstić information content (AvgIpc) is 2.47. The summed E-state index contributed by atoms with van der Waals surface area (Å²) in [6, 6.07) is 0. The number of hydrogen-bond acceptors (Lipinski definition) is 3. The van der Waals surface area contributed by atoms with Crippen LogP contribution in [0.1, 0.15) is 78.1 Å². The molecule has 0 aromatic carbocycles. The van der Waals surface area contributed by atoms with Gasteiger partial charge in [-0.15, -0.1) is 0 Å². The summed E-state index contributed by atoms with van der Waals surface area (Å²) < 4.78 is 0. The van der Waals surface area contributed by atoms with Crippen LogP contribution in [0.4, 0.5) is 0 Å². The molecule has 0 radical (unpaired) electrons. The van der Waals surface area contributed by atoms with Crippen molar-refractivity contribution in [1.29, 1.82) is 0 Å². The predicted octanol–water partition coefficient (Wildman–Crippen LogP) is 3.85. The Morgan fingerprint density at radius 1 is 0.773 bits per heavy atom. The Balaban J connectivity index is 3.56. The smallest absolute Gasteiger partial charge is 0.306 e. The van der Waals surface area contributed by atoms with E-state index < -0.39 is 17.8 Å². The van der Waals surface area contributed by atoms with Gasteiger partial charge >= 0.3 is 5.97 Å². The van der Waals surface area contributed by atoms with Crippen LogP contribution in [0.5, 0.6) is 0 Å². The van der Waals surface area contributed by atoms with Crippen molar-refractivity contribution in [3.8, 4) is 0 Å². The molecule has 0 rings (SSSR count). The minimum absolute atomic E-state index is 0.260. The molecule has 0 aliphatic carbocycles. The third kappa shape index (κ3) is 11.0. The summed E-state index contributed by atoms with van der Waals surface area (Å²) >= 11 is 0. The van der Waals surface area contributed by atoms with Gasteiger partial charge in [0.25, 0.3) is 0 Å². The lowest BCUT2D eigenvalue weighted by Crippen LogP contribution is -2.29. The maximum atomic E-state index is 11.2. The van der Waals surface area contributed by atoms with Gasteiger partial charge in [0.1, 0.15) is 0 Å². The van der Waals surface area contributed by atoms with Crippen LogP contribution in [0.25, 0.3) is 0 Å². The van der Waals surface area contributed by atoms with Gasteiger partial charge in [0.15, 0.2) is 0 Å². The maximum absolute atomic E-state index is 11.2. The number of aliphatic hydroxyl groups excluding tert-OH is 2. The molecule has 0 saturated carbocycles. The lowest BCUT2D eigenvalue weighted by molar-refractivity contribution is -0.145. The monoisotopic (exact) mass is 316 g/mol. The number of carboxylic acids is 1. The second-order valence-corrected chi connectivity index (χ2v) is 6.87. The van der Waals surface area contributed by atoms with Crippen molar-refractivity contribution in [2.24, 2.45) is 17.8 Å². The summed E-state index contributed by atoms with van der Waals surface area (Å²) in [7, 11) is 0. The molecule has 3 N–H and O–H groups in total. The summed E-state index contributed by atoms with van der Waals surface area (Å²) in [6.07, 6.45) is 11.4. The summed E-state index contributed by atoms with van der Waals surface area (Å²) in [5, 5.41) is 27.3. The average molecular weight is 316 g/mol. The van der Waals surface area contributed by atoms with E-state index in [1.165, 1.54) is 38.5 Å². The predicted molar refractivity (Wildman–Crippen MR) is 89.8 cm³/mol. The van der Waals surface area contributed by atoms with Gasteiger partial charge in [-0.1, -0.05) is 71.6 Å². The molecule has 0 amide bonds. The molecule has 0 aromatic rings. The van der Waals surface area contributed by atoms with Gasteiger partial charge in [-0.2, -0.15) is 0 Å². The molecular weight excluding hydrogens is 280 g/mol. The molecule has 22 heavy (non-hydrogen) atoms. The van der Waals surface area contributed by atoms with Gasteiger partial charge in [0.2, 0.25) is 0 Å². The van der Waals surface area contributed by atoms with E-state index in [-0.39, 0.29) is 13.2 Å². The minimum atomic E-state index is -0.904. The molecule has 1 atom stereocenters. The Kier molecular flexibility index (Phi) is 13.6. The molecule has 0 heterocycles. The van der Waals surface area contributed by atoms with Crippen molar-refractivity contribution in [3.05, 3.63) is 0 Å². The molecule has 0 fully saturated rings. The Bertz CT molecular complexity index is 262. The van der Waals surface area contributed by atoms with Crippen molar-refractivity contribution in [2.45, 2.75) is 78.1 Å².